The number of sulfonamides is 1. The van der Waals surface area contributed by atoms with E-state index < -0.39 is 16.6 Å². The smallest absolute Gasteiger partial charge is 0.244 e. The van der Waals surface area contributed by atoms with Crippen LogP contribution in [-0.4, -0.2) is 30.3 Å². The minimum Gasteiger partial charge on any atom is -0.390 e. The molecule has 6 nitrogen and oxygen atoms in total. The molecule has 7 heteroatoms. The molecule has 1 unspecified atom stereocenters. The Bertz CT molecular complexity index is 529. The Morgan fingerprint density at radius 3 is 2.47 bits per heavy atom. The van der Waals surface area contributed by atoms with Crippen molar-refractivity contribution < 1.29 is 13.5 Å². The maximum atomic E-state index is 12.2. The summed E-state index contributed by atoms with van der Waals surface area (Å²) in [6.45, 7) is 9.75. The summed E-state index contributed by atoms with van der Waals surface area (Å²) in [6.07, 6.45) is 0. The van der Waals surface area contributed by atoms with Crippen molar-refractivity contribution in [2.24, 2.45) is 11.3 Å². The predicted octanol–water partition coefficient (Wildman–Crippen LogP) is 1.17. The van der Waals surface area contributed by atoms with Crippen molar-refractivity contribution in [1.29, 1.82) is 0 Å². The van der Waals surface area contributed by atoms with E-state index in [1.165, 1.54) is 0 Å². The van der Waals surface area contributed by atoms with Crippen LogP contribution in [0.15, 0.2) is 4.90 Å². The van der Waals surface area contributed by atoms with Crippen LogP contribution in [0.5, 0.6) is 0 Å². The van der Waals surface area contributed by atoms with Gasteiger partial charge in [-0.2, -0.15) is 5.10 Å². The number of nitrogens with zero attached hydrogens (tertiary/aromatic N) is 1. The molecule has 19 heavy (non-hydrogen) atoms. The average Bonchev–Trinajstić information content (AvgIpc) is 2.66. The average molecular weight is 289 g/mol. The number of aromatic nitrogens is 2. The van der Waals surface area contributed by atoms with E-state index in [2.05, 4.69) is 35.7 Å². The van der Waals surface area contributed by atoms with Gasteiger partial charge in [0.1, 0.15) is 10.6 Å². The van der Waals surface area contributed by atoms with Crippen LogP contribution < -0.4 is 4.72 Å². The van der Waals surface area contributed by atoms with Gasteiger partial charge in [0.25, 0.3) is 0 Å². The molecule has 0 aromatic carbocycles. The molecule has 0 radical (unpaired) electrons. The van der Waals surface area contributed by atoms with Crippen molar-refractivity contribution in [3.05, 3.63) is 11.4 Å². The third-order valence-corrected chi connectivity index (χ3v) is 5.06. The largest absolute Gasteiger partial charge is 0.390 e. The van der Waals surface area contributed by atoms with E-state index in [0.29, 0.717) is 12.2 Å². The molecule has 0 aliphatic heterocycles. The normalized spacial score (nSPS) is 14.6. The van der Waals surface area contributed by atoms with Gasteiger partial charge in [-0.25, -0.2) is 13.1 Å². The highest BCUT2D eigenvalue weighted by atomic mass is 32.2. The molecule has 110 valence electrons. The van der Waals surface area contributed by atoms with Crippen LogP contribution in [0.3, 0.4) is 0 Å². The minimum atomic E-state index is -3.65. The van der Waals surface area contributed by atoms with Crippen LogP contribution in [0, 0.1) is 18.3 Å². The molecule has 0 saturated heterocycles. The molecule has 1 heterocycles. The fourth-order valence-corrected chi connectivity index (χ4v) is 3.03. The van der Waals surface area contributed by atoms with Crippen LogP contribution in [0.4, 0.5) is 0 Å². The van der Waals surface area contributed by atoms with Gasteiger partial charge < -0.3 is 5.11 Å². The third kappa shape index (κ3) is 3.77. The molecule has 0 aliphatic rings. The first-order chi connectivity index (χ1) is 8.59. The molecule has 0 saturated carbocycles. The minimum absolute atomic E-state index is 0.0216. The van der Waals surface area contributed by atoms with E-state index in [1.54, 1.807) is 6.92 Å². The lowest BCUT2D eigenvalue weighted by molar-refractivity contribution is 0.262. The van der Waals surface area contributed by atoms with E-state index in [0.717, 1.165) is 0 Å². The molecule has 3 N–H and O–H groups in total. The Kier molecular flexibility index (Phi) is 4.76. The molecule has 1 aromatic heterocycles. The SMILES string of the molecule is Cc1[nH]nc(CO)c1S(=O)(=O)NCC(C)C(C)(C)C. The van der Waals surface area contributed by atoms with Gasteiger partial charge in [0, 0.05) is 6.54 Å². The molecule has 1 aromatic rings. The topological polar surface area (TPSA) is 95.1 Å². The molecular weight excluding hydrogens is 266 g/mol. The van der Waals surface area contributed by atoms with E-state index >= 15 is 0 Å². The van der Waals surface area contributed by atoms with Crippen LogP contribution in [-0.2, 0) is 16.6 Å². The van der Waals surface area contributed by atoms with Gasteiger partial charge in [0.2, 0.25) is 10.0 Å². The maximum Gasteiger partial charge on any atom is 0.244 e. The molecule has 0 amide bonds. The Morgan fingerprint density at radius 1 is 1.42 bits per heavy atom. The zero-order valence-corrected chi connectivity index (χ0v) is 12.9. The molecule has 0 bridgehead atoms. The van der Waals surface area contributed by atoms with Crippen molar-refractivity contribution in [3.63, 3.8) is 0 Å². The summed E-state index contributed by atoms with van der Waals surface area (Å²) in [5.74, 6) is 0.187. The Hall–Kier alpha value is -0.920. The highest BCUT2D eigenvalue weighted by molar-refractivity contribution is 7.89. The van der Waals surface area contributed by atoms with Gasteiger partial charge in [0.05, 0.1) is 12.3 Å². The van der Waals surface area contributed by atoms with Gasteiger partial charge in [-0.15, -0.1) is 0 Å². The summed E-state index contributed by atoms with van der Waals surface area (Å²) in [6, 6.07) is 0. The summed E-state index contributed by atoms with van der Waals surface area (Å²) < 4.78 is 27.1. The fraction of sp³-hybridized carbons (Fsp3) is 0.750. The lowest BCUT2D eigenvalue weighted by Crippen LogP contribution is -2.34. The number of aryl methyl sites for hydroxylation is 1. The predicted molar refractivity (Wildman–Crippen MR) is 73.1 cm³/mol. The molecule has 0 spiro atoms. The number of aliphatic hydroxyl groups excluding tert-OH is 1. The zero-order valence-electron chi connectivity index (χ0n) is 12.1. The second-order valence-electron chi connectivity index (χ2n) is 5.90. The van der Waals surface area contributed by atoms with Gasteiger partial charge in [0.15, 0.2) is 0 Å². The fourth-order valence-electron chi connectivity index (χ4n) is 1.55. The molecule has 0 fully saturated rings. The van der Waals surface area contributed by atoms with Crippen LogP contribution in [0.2, 0.25) is 0 Å². The Labute approximate surface area is 114 Å². The van der Waals surface area contributed by atoms with Crippen molar-refractivity contribution in [2.45, 2.75) is 46.1 Å². The first-order valence-electron chi connectivity index (χ1n) is 6.24. The summed E-state index contributed by atoms with van der Waals surface area (Å²) in [4.78, 5) is 0.0520. The highest BCUT2D eigenvalue weighted by Crippen LogP contribution is 2.25. The lowest BCUT2D eigenvalue weighted by atomic mass is 9.82. The summed E-state index contributed by atoms with van der Waals surface area (Å²) in [7, 11) is -3.65. The molecule has 0 aliphatic carbocycles. The number of hydrogen-bond donors (Lipinski definition) is 3. The Balaban J connectivity index is 2.91. The number of nitrogens with one attached hydrogen (secondary N) is 2. The Morgan fingerprint density at radius 2 is 2.00 bits per heavy atom. The van der Waals surface area contributed by atoms with E-state index in [4.69, 9.17) is 5.11 Å². The van der Waals surface area contributed by atoms with E-state index in [1.807, 2.05) is 6.92 Å². The standard InChI is InChI=1S/C12H23N3O3S/c1-8(12(3,4)5)6-13-19(17,18)11-9(2)14-15-10(11)7-16/h8,13,16H,6-7H2,1-5H3,(H,14,15). The van der Waals surface area contributed by atoms with E-state index in [9.17, 15) is 8.42 Å². The van der Waals surface area contributed by atoms with Crippen LogP contribution >= 0.6 is 0 Å². The quantitative estimate of drug-likeness (QED) is 0.758. The highest BCUT2D eigenvalue weighted by Gasteiger charge is 2.26. The summed E-state index contributed by atoms with van der Waals surface area (Å²) >= 11 is 0. The maximum absolute atomic E-state index is 12.2. The molecule has 1 atom stereocenters. The molecular formula is C12H23N3O3S. The number of aromatic amines is 1. The second-order valence-corrected chi connectivity index (χ2v) is 7.61. The van der Waals surface area contributed by atoms with Crippen molar-refractivity contribution >= 4 is 10.0 Å². The van der Waals surface area contributed by atoms with Gasteiger partial charge in [-0.05, 0) is 18.3 Å². The van der Waals surface area contributed by atoms with Crippen LogP contribution in [0.25, 0.3) is 0 Å². The van der Waals surface area contributed by atoms with Crippen molar-refractivity contribution in [2.75, 3.05) is 6.54 Å². The first-order valence-corrected chi connectivity index (χ1v) is 7.72. The van der Waals surface area contributed by atoms with Crippen molar-refractivity contribution in [3.8, 4) is 0 Å². The number of H-pyrrole nitrogens is 1. The van der Waals surface area contributed by atoms with Gasteiger partial charge >= 0.3 is 0 Å². The summed E-state index contributed by atoms with van der Waals surface area (Å²) in [5.41, 5.74) is 0.599. The number of rotatable bonds is 5. The second kappa shape index (κ2) is 5.60. The number of aliphatic hydroxyl groups is 1. The first kappa shape index (κ1) is 16.1. The van der Waals surface area contributed by atoms with Gasteiger partial charge in [-0.1, -0.05) is 27.7 Å². The monoisotopic (exact) mass is 289 g/mol. The summed E-state index contributed by atoms with van der Waals surface area (Å²) in [5, 5.41) is 15.5. The number of hydrogen-bond acceptors (Lipinski definition) is 4. The van der Waals surface area contributed by atoms with Crippen LogP contribution in [0.1, 0.15) is 39.1 Å². The lowest BCUT2D eigenvalue weighted by Gasteiger charge is -2.27. The third-order valence-electron chi connectivity index (χ3n) is 3.44. The molecule has 1 rings (SSSR count). The van der Waals surface area contributed by atoms with E-state index in [-0.39, 0.29) is 21.9 Å². The zero-order chi connectivity index (χ0) is 14.8. The van der Waals surface area contributed by atoms with Gasteiger partial charge in [-0.3, -0.25) is 5.10 Å². The van der Waals surface area contributed by atoms with Crippen molar-refractivity contribution in [1.82, 2.24) is 14.9 Å².